The number of halogens is 1. The van der Waals surface area contributed by atoms with E-state index in [4.69, 9.17) is 0 Å². The monoisotopic (exact) mass is 317 g/mol. The molecule has 5 heteroatoms. The highest BCUT2D eigenvalue weighted by Gasteiger charge is 2.29. The minimum atomic E-state index is 0.453. The first-order chi connectivity index (χ1) is 8.08. The molecule has 17 heavy (non-hydrogen) atoms. The minimum Gasteiger partial charge on any atom is -0.310 e. The molecule has 0 aliphatic carbocycles. The Hall–Kier alpha value is 0.0600. The smallest absolute Gasteiger partial charge is 0.0702 e. The molecule has 2 heterocycles. The van der Waals surface area contributed by atoms with Gasteiger partial charge in [0.15, 0.2) is 0 Å². The molecule has 1 aromatic rings. The number of nitrogens with one attached hydrogen (secondary N) is 1. The fraction of sp³-hybridized carbons (Fsp3) is 0.667. The summed E-state index contributed by atoms with van der Waals surface area (Å²) in [5.41, 5.74) is 0. The van der Waals surface area contributed by atoms with Crippen LogP contribution in [0, 0.1) is 0 Å². The third kappa shape index (κ3) is 3.29. The van der Waals surface area contributed by atoms with Gasteiger partial charge in [0.05, 0.1) is 9.83 Å². The van der Waals surface area contributed by atoms with Gasteiger partial charge in [-0.25, -0.2) is 0 Å². The van der Waals surface area contributed by atoms with Gasteiger partial charge in [-0.2, -0.15) is 0 Å². The molecule has 0 amide bonds. The zero-order valence-electron chi connectivity index (χ0n) is 10.6. The Bertz CT molecular complexity index is 366. The Kier molecular flexibility index (Phi) is 4.60. The van der Waals surface area contributed by atoms with Crippen LogP contribution in [0.4, 0.5) is 0 Å². The number of nitrogens with zero attached hydrogens (tertiary/aromatic N) is 2. The highest BCUT2D eigenvalue weighted by atomic mass is 79.9. The lowest BCUT2D eigenvalue weighted by Crippen LogP contribution is -2.54. The van der Waals surface area contributed by atoms with E-state index in [1.54, 1.807) is 0 Å². The summed E-state index contributed by atoms with van der Waals surface area (Å²) < 4.78 is 1.21. The zero-order valence-corrected chi connectivity index (χ0v) is 13.0. The average Bonchev–Trinajstić information content (AvgIpc) is 2.64. The van der Waals surface area contributed by atoms with Gasteiger partial charge >= 0.3 is 0 Å². The van der Waals surface area contributed by atoms with E-state index in [-0.39, 0.29) is 0 Å². The maximum absolute atomic E-state index is 3.65. The standard InChI is InChI=1S/C12H20BrN3S/c1-15(2)12(10-4-5-11(13)17-10)9-8-16(3)7-6-14-9/h4-5,9,12,14H,6-8H2,1-3H3. The largest absolute Gasteiger partial charge is 0.310 e. The normalized spacial score (nSPS) is 24.2. The summed E-state index contributed by atoms with van der Waals surface area (Å²) in [6, 6.07) is 5.34. The molecule has 2 unspecified atom stereocenters. The molecule has 0 radical (unpaired) electrons. The molecular weight excluding hydrogens is 298 g/mol. The van der Waals surface area contributed by atoms with Crippen LogP contribution in [-0.4, -0.2) is 56.6 Å². The van der Waals surface area contributed by atoms with Crippen LogP contribution in [0.2, 0.25) is 0 Å². The van der Waals surface area contributed by atoms with Crippen molar-refractivity contribution in [3.8, 4) is 0 Å². The highest BCUT2D eigenvalue weighted by Crippen LogP contribution is 2.32. The van der Waals surface area contributed by atoms with Crippen molar-refractivity contribution in [1.29, 1.82) is 0 Å². The molecule has 3 nitrogen and oxygen atoms in total. The zero-order chi connectivity index (χ0) is 12.4. The summed E-state index contributed by atoms with van der Waals surface area (Å²) in [5, 5.41) is 3.65. The van der Waals surface area contributed by atoms with Crippen molar-refractivity contribution in [2.24, 2.45) is 0 Å². The van der Waals surface area contributed by atoms with E-state index in [0.717, 1.165) is 19.6 Å². The number of hydrogen-bond acceptors (Lipinski definition) is 4. The van der Waals surface area contributed by atoms with Crippen LogP contribution in [0.15, 0.2) is 15.9 Å². The number of rotatable bonds is 3. The van der Waals surface area contributed by atoms with Crippen LogP contribution in [0.3, 0.4) is 0 Å². The first-order valence-corrected chi connectivity index (χ1v) is 7.52. The van der Waals surface area contributed by atoms with Gasteiger partial charge in [-0.3, -0.25) is 0 Å². The van der Waals surface area contributed by atoms with Crippen LogP contribution in [0.1, 0.15) is 10.9 Å². The summed E-state index contributed by atoms with van der Waals surface area (Å²) in [6.45, 7) is 3.33. The van der Waals surface area contributed by atoms with E-state index >= 15 is 0 Å². The molecule has 1 aliphatic heterocycles. The third-order valence-electron chi connectivity index (χ3n) is 3.23. The molecule has 0 saturated carbocycles. The summed E-state index contributed by atoms with van der Waals surface area (Å²) in [7, 11) is 6.52. The van der Waals surface area contributed by atoms with Crippen molar-refractivity contribution in [2.45, 2.75) is 12.1 Å². The topological polar surface area (TPSA) is 18.5 Å². The van der Waals surface area contributed by atoms with Crippen LogP contribution < -0.4 is 5.32 Å². The first kappa shape index (κ1) is 13.5. The maximum atomic E-state index is 3.65. The van der Waals surface area contributed by atoms with Gasteiger partial charge in [0.1, 0.15) is 0 Å². The Morgan fingerprint density at radius 2 is 2.29 bits per heavy atom. The van der Waals surface area contributed by atoms with E-state index in [0.29, 0.717) is 12.1 Å². The fourth-order valence-electron chi connectivity index (χ4n) is 2.44. The van der Waals surface area contributed by atoms with Gasteiger partial charge in [0.25, 0.3) is 0 Å². The number of piperazine rings is 1. The molecule has 1 N–H and O–H groups in total. The van der Waals surface area contributed by atoms with E-state index in [9.17, 15) is 0 Å². The van der Waals surface area contributed by atoms with Gasteiger partial charge in [-0.15, -0.1) is 11.3 Å². The van der Waals surface area contributed by atoms with E-state index in [1.807, 2.05) is 11.3 Å². The molecule has 0 bridgehead atoms. The quantitative estimate of drug-likeness (QED) is 0.920. The molecule has 1 saturated heterocycles. The lowest BCUT2D eigenvalue weighted by Gasteiger charge is -2.38. The van der Waals surface area contributed by atoms with E-state index < -0.39 is 0 Å². The third-order valence-corrected chi connectivity index (χ3v) is 4.93. The summed E-state index contributed by atoms with van der Waals surface area (Å²) >= 11 is 5.39. The second kappa shape index (κ2) is 5.80. The molecule has 96 valence electrons. The molecule has 1 aromatic heterocycles. The van der Waals surface area contributed by atoms with Crippen LogP contribution >= 0.6 is 27.3 Å². The summed E-state index contributed by atoms with van der Waals surface area (Å²) in [4.78, 5) is 6.14. The maximum Gasteiger partial charge on any atom is 0.0702 e. The lowest BCUT2D eigenvalue weighted by molar-refractivity contribution is 0.156. The van der Waals surface area contributed by atoms with E-state index in [2.05, 4.69) is 64.3 Å². The van der Waals surface area contributed by atoms with Crippen molar-refractivity contribution in [3.05, 3.63) is 20.8 Å². The Labute approximate surface area is 116 Å². The van der Waals surface area contributed by atoms with Crippen molar-refractivity contribution in [2.75, 3.05) is 40.8 Å². The number of hydrogen-bond donors (Lipinski definition) is 1. The summed E-state index contributed by atoms with van der Waals surface area (Å²) in [6.07, 6.45) is 0. The van der Waals surface area contributed by atoms with Crippen molar-refractivity contribution >= 4 is 27.3 Å². The molecule has 1 aliphatic rings. The Balaban J connectivity index is 2.17. The van der Waals surface area contributed by atoms with Gasteiger partial charge in [0.2, 0.25) is 0 Å². The number of thiophene rings is 1. The van der Waals surface area contributed by atoms with Crippen LogP contribution in [0.5, 0.6) is 0 Å². The van der Waals surface area contributed by atoms with Gasteiger partial charge in [-0.05, 0) is 49.2 Å². The second-order valence-electron chi connectivity index (χ2n) is 4.87. The van der Waals surface area contributed by atoms with Gasteiger partial charge in [-0.1, -0.05) is 0 Å². The predicted molar refractivity (Wildman–Crippen MR) is 77.7 cm³/mol. The molecular formula is C12H20BrN3S. The average molecular weight is 318 g/mol. The Morgan fingerprint density at radius 1 is 1.53 bits per heavy atom. The highest BCUT2D eigenvalue weighted by molar-refractivity contribution is 9.11. The fourth-order valence-corrected chi connectivity index (χ4v) is 4.13. The minimum absolute atomic E-state index is 0.453. The van der Waals surface area contributed by atoms with Crippen LogP contribution in [-0.2, 0) is 0 Å². The molecule has 2 atom stereocenters. The first-order valence-electron chi connectivity index (χ1n) is 5.91. The van der Waals surface area contributed by atoms with Crippen molar-refractivity contribution in [1.82, 2.24) is 15.1 Å². The van der Waals surface area contributed by atoms with Crippen molar-refractivity contribution in [3.63, 3.8) is 0 Å². The van der Waals surface area contributed by atoms with E-state index in [1.165, 1.54) is 8.66 Å². The molecule has 2 rings (SSSR count). The van der Waals surface area contributed by atoms with Gasteiger partial charge < -0.3 is 15.1 Å². The Morgan fingerprint density at radius 3 is 2.82 bits per heavy atom. The molecule has 0 spiro atoms. The summed E-state index contributed by atoms with van der Waals surface area (Å²) in [5.74, 6) is 0. The second-order valence-corrected chi connectivity index (χ2v) is 7.37. The molecule has 0 aromatic carbocycles. The van der Waals surface area contributed by atoms with Crippen LogP contribution in [0.25, 0.3) is 0 Å². The SMILES string of the molecule is CN1CCNC(C(c2ccc(Br)s2)N(C)C)C1. The van der Waals surface area contributed by atoms with Crippen molar-refractivity contribution < 1.29 is 0 Å². The predicted octanol–water partition coefficient (Wildman–Crippen LogP) is 2.02. The number of likely N-dealkylation sites (N-methyl/N-ethyl adjacent to an activating group) is 2. The molecule has 1 fully saturated rings. The van der Waals surface area contributed by atoms with Gasteiger partial charge in [0, 0.05) is 30.6 Å². The lowest BCUT2D eigenvalue weighted by atomic mass is 10.0.